The van der Waals surface area contributed by atoms with Crippen LogP contribution in [-0.2, 0) is 18.3 Å². The van der Waals surface area contributed by atoms with E-state index in [1.807, 2.05) is 12.1 Å². The van der Waals surface area contributed by atoms with Crippen LogP contribution < -0.4 is 0 Å². The highest BCUT2D eigenvalue weighted by molar-refractivity contribution is 5.35. The van der Waals surface area contributed by atoms with Gasteiger partial charge in [-0.25, -0.2) is 4.39 Å². The normalized spacial score (nSPS) is 16.5. The lowest BCUT2D eigenvalue weighted by Gasteiger charge is -2.26. The lowest BCUT2D eigenvalue weighted by atomic mass is 9.78. The number of benzene rings is 1. The average Bonchev–Trinajstić information content (AvgIpc) is 3.34. The van der Waals surface area contributed by atoms with Crippen molar-refractivity contribution >= 4 is 0 Å². The summed E-state index contributed by atoms with van der Waals surface area (Å²) in [6.45, 7) is 0. The smallest absolute Gasteiger partial charge is 0.227 e. The molecule has 1 fully saturated rings. The van der Waals surface area contributed by atoms with E-state index in [-0.39, 0.29) is 5.82 Å². The predicted octanol–water partition coefficient (Wildman–Crippen LogP) is 2.97. The first kappa shape index (κ1) is 15.0. The lowest BCUT2D eigenvalue weighted by Crippen LogP contribution is -2.26. The number of H-pyrrole nitrogens is 1. The molecule has 1 aromatic carbocycles. The maximum Gasteiger partial charge on any atom is 0.227 e. The zero-order valence-electron chi connectivity index (χ0n) is 13.2. The van der Waals surface area contributed by atoms with Crippen LogP contribution in [0.5, 0.6) is 0 Å². The zero-order valence-corrected chi connectivity index (χ0v) is 13.2. The molecule has 0 saturated heterocycles. The van der Waals surface area contributed by atoms with E-state index in [1.165, 1.54) is 6.07 Å². The van der Waals surface area contributed by atoms with Gasteiger partial charge in [0.25, 0.3) is 0 Å². The Hall–Kier alpha value is -2.57. The van der Waals surface area contributed by atoms with Crippen molar-refractivity contribution in [3.05, 3.63) is 59.3 Å². The molecule has 1 saturated carbocycles. The minimum Gasteiger partial charge on any atom is -0.339 e. The van der Waals surface area contributed by atoms with Crippen LogP contribution in [0.3, 0.4) is 0 Å². The molecule has 0 radical (unpaired) electrons. The fourth-order valence-electron chi connectivity index (χ4n) is 3.57. The Morgan fingerprint density at radius 2 is 2.00 bits per heavy atom. The standard InChI is InChI=1S/C17H18FN5O/c18-14-6-2-1-5-13(14)17(9-3-4-10-17)16-20-15(24-22-16)8-7-12-11-19-23-21-12/h1-2,5-6,11H,3-4,7-10H2,(H,19,21,23). The molecule has 0 amide bonds. The highest BCUT2D eigenvalue weighted by atomic mass is 19.1. The molecule has 124 valence electrons. The Balaban J connectivity index is 1.62. The molecule has 1 aliphatic carbocycles. The lowest BCUT2D eigenvalue weighted by molar-refractivity contribution is 0.357. The van der Waals surface area contributed by atoms with Crippen molar-refractivity contribution in [2.45, 2.75) is 43.9 Å². The van der Waals surface area contributed by atoms with Crippen LogP contribution in [0.15, 0.2) is 35.0 Å². The summed E-state index contributed by atoms with van der Waals surface area (Å²) in [4.78, 5) is 4.58. The quantitative estimate of drug-likeness (QED) is 0.779. The molecule has 4 rings (SSSR count). The summed E-state index contributed by atoms with van der Waals surface area (Å²) in [7, 11) is 0. The second-order valence-electron chi connectivity index (χ2n) is 6.24. The van der Waals surface area contributed by atoms with Crippen molar-refractivity contribution < 1.29 is 8.91 Å². The van der Waals surface area contributed by atoms with Gasteiger partial charge in [0.05, 0.1) is 17.3 Å². The van der Waals surface area contributed by atoms with E-state index in [1.54, 1.807) is 12.3 Å². The summed E-state index contributed by atoms with van der Waals surface area (Å²) >= 11 is 0. The molecule has 24 heavy (non-hydrogen) atoms. The molecule has 1 aliphatic rings. The van der Waals surface area contributed by atoms with Crippen molar-refractivity contribution in [2.75, 3.05) is 0 Å². The molecular weight excluding hydrogens is 309 g/mol. The third kappa shape index (κ3) is 2.60. The Bertz CT molecular complexity index is 808. The largest absolute Gasteiger partial charge is 0.339 e. The van der Waals surface area contributed by atoms with Crippen LogP contribution in [0.25, 0.3) is 0 Å². The van der Waals surface area contributed by atoms with E-state index in [2.05, 4.69) is 25.6 Å². The first-order valence-corrected chi connectivity index (χ1v) is 8.21. The summed E-state index contributed by atoms with van der Waals surface area (Å²) in [5, 5.41) is 14.6. The number of hydrogen-bond donors (Lipinski definition) is 1. The number of hydrogen-bond acceptors (Lipinski definition) is 5. The van der Waals surface area contributed by atoms with Crippen molar-refractivity contribution in [1.29, 1.82) is 0 Å². The number of nitrogens with one attached hydrogen (secondary N) is 1. The molecule has 0 unspecified atom stereocenters. The van der Waals surface area contributed by atoms with E-state index < -0.39 is 5.41 Å². The maximum atomic E-state index is 14.4. The number of aromatic nitrogens is 5. The van der Waals surface area contributed by atoms with Gasteiger partial charge in [-0.1, -0.05) is 36.2 Å². The Morgan fingerprint density at radius 1 is 1.17 bits per heavy atom. The van der Waals surface area contributed by atoms with Gasteiger partial charge in [0.2, 0.25) is 5.89 Å². The average molecular weight is 327 g/mol. The van der Waals surface area contributed by atoms with Gasteiger partial charge in [0.15, 0.2) is 5.82 Å². The minimum absolute atomic E-state index is 0.201. The number of aromatic amines is 1. The van der Waals surface area contributed by atoms with E-state index in [9.17, 15) is 4.39 Å². The molecule has 7 heteroatoms. The van der Waals surface area contributed by atoms with Gasteiger partial charge in [-0.05, 0) is 18.9 Å². The van der Waals surface area contributed by atoms with Crippen molar-refractivity contribution in [2.24, 2.45) is 0 Å². The number of rotatable bonds is 5. The Kier molecular flexibility index (Phi) is 3.84. The van der Waals surface area contributed by atoms with Crippen molar-refractivity contribution in [1.82, 2.24) is 25.6 Å². The van der Waals surface area contributed by atoms with E-state index in [0.717, 1.165) is 31.4 Å². The molecule has 0 atom stereocenters. The third-order valence-electron chi connectivity index (χ3n) is 4.80. The topological polar surface area (TPSA) is 80.5 Å². The number of halogens is 1. The summed E-state index contributed by atoms with van der Waals surface area (Å²) in [5.74, 6) is 0.948. The van der Waals surface area contributed by atoms with Gasteiger partial charge in [-0.3, -0.25) is 0 Å². The molecule has 2 aromatic heterocycles. The summed E-state index contributed by atoms with van der Waals surface area (Å²) < 4.78 is 19.8. The van der Waals surface area contributed by atoms with Crippen LogP contribution >= 0.6 is 0 Å². The van der Waals surface area contributed by atoms with Gasteiger partial charge >= 0.3 is 0 Å². The summed E-state index contributed by atoms with van der Waals surface area (Å²) in [6, 6.07) is 6.91. The second-order valence-corrected chi connectivity index (χ2v) is 6.24. The Labute approximate surface area is 138 Å². The predicted molar refractivity (Wildman–Crippen MR) is 83.7 cm³/mol. The highest BCUT2D eigenvalue weighted by Crippen LogP contribution is 2.45. The zero-order chi connectivity index (χ0) is 16.4. The molecule has 0 spiro atoms. The second kappa shape index (κ2) is 6.14. The van der Waals surface area contributed by atoms with Crippen LogP contribution in [0.2, 0.25) is 0 Å². The number of nitrogens with zero attached hydrogens (tertiary/aromatic N) is 4. The van der Waals surface area contributed by atoms with Crippen LogP contribution in [0.4, 0.5) is 4.39 Å². The molecule has 0 bridgehead atoms. The van der Waals surface area contributed by atoms with Crippen LogP contribution in [0, 0.1) is 5.82 Å². The summed E-state index contributed by atoms with van der Waals surface area (Å²) in [5.41, 5.74) is 1.05. The van der Waals surface area contributed by atoms with Crippen molar-refractivity contribution in [3.63, 3.8) is 0 Å². The first-order chi connectivity index (χ1) is 11.8. The van der Waals surface area contributed by atoms with E-state index >= 15 is 0 Å². The van der Waals surface area contributed by atoms with Crippen LogP contribution in [-0.4, -0.2) is 25.6 Å². The molecule has 6 nitrogen and oxygen atoms in total. The first-order valence-electron chi connectivity index (χ1n) is 8.21. The highest BCUT2D eigenvalue weighted by Gasteiger charge is 2.43. The monoisotopic (exact) mass is 327 g/mol. The van der Waals surface area contributed by atoms with Gasteiger partial charge in [0.1, 0.15) is 5.82 Å². The molecule has 0 aliphatic heterocycles. The maximum absolute atomic E-state index is 14.4. The fraction of sp³-hybridized carbons (Fsp3) is 0.412. The van der Waals surface area contributed by atoms with Gasteiger partial charge < -0.3 is 4.52 Å². The van der Waals surface area contributed by atoms with Gasteiger partial charge in [0, 0.05) is 18.4 Å². The van der Waals surface area contributed by atoms with Gasteiger partial charge in [-0.2, -0.15) is 20.4 Å². The number of aryl methyl sites for hydroxylation is 2. The molecular formula is C17H18FN5O. The van der Waals surface area contributed by atoms with Crippen LogP contribution in [0.1, 0.15) is 48.7 Å². The van der Waals surface area contributed by atoms with E-state index in [0.29, 0.717) is 30.1 Å². The molecule has 3 aromatic rings. The van der Waals surface area contributed by atoms with Crippen molar-refractivity contribution in [3.8, 4) is 0 Å². The third-order valence-corrected chi connectivity index (χ3v) is 4.80. The van der Waals surface area contributed by atoms with Gasteiger partial charge in [-0.15, -0.1) is 0 Å². The molecule has 2 heterocycles. The Morgan fingerprint density at radius 3 is 2.75 bits per heavy atom. The minimum atomic E-state index is -0.471. The SMILES string of the molecule is Fc1ccccc1C1(c2noc(CCc3cn[nH]n3)n2)CCCC1. The summed E-state index contributed by atoms with van der Waals surface area (Å²) in [6.07, 6.45) is 6.70. The fourth-order valence-corrected chi connectivity index (χ4v) is 3.57. The van der Waals surface area contributed by atoms with E-state index in [4.69, 9.17) is 4.52 Å². The molecule has 1 N–H and O–H groups in total.